The number of hydrogen-bond donors (Lipinski definition) is 1. The monoisotopic (exact) mass is 347 g/mol. The first-order chi connectivity index (χ1) is 12.7. The van der Waals surface area contributed by atoms with Gasteiger partial charge in [0.05, 0.1) is 25.4 Å². The minimum absolute atomic E-state index is 0.0457. The van der Waals surface area contributed by atoms with Gasteiger partial charge in [0.2, 0.25) is 0 Å². The van der Waals surface area contributed by atoms with Crippen LogP contribution in [0.2, 0.25) is 0 Å². The lowest BCUT2D eigenvalue weighted by Crippen LogP contribution is -2.36. The number of carbonyl (C=O) groups excluding carboxylic acids is 1. The zero-order valence-corrected chi connectivity index (χ0v) is 14.8. The van der Waals surface area contributed by atoms with Crippen LogP contribution in [0, 0.1) is 0 Å². The zero-order chi connectivity index (χ0) is 18.1. The van der Waals surface area contributed by atoms with Crippen LogP contribution in [0.5, 0.6) is 5.75 Å². The number of urea groups is 1. The van der Waals surface area contributed by atoms with Crippen LogP contribution in [0.1, 0.15) is 24.2 Å². The molecule has 132 valence electrons. The topological polar surface area (TPSA) is 46.5 Å². The second kappa shape index (κ2) is 6.59. The summed E-state index contributed by atoms with van der Waals surface area (Å²) in [4.78, 5) is 14.9. The summed E-state index contributed by atoms with van der Waals surface area (Å²) in [5.41, 5.74) is 4.09. The van der Waals surface area contributed by atoms with E-state index in [4.69, 9.17) is 4.74 Å². The Balaban J connectivity index is 1.65. The van der Waals surface area contributed by atoms with Gasteiger partial charge >= 0.3 is 6.03 Å². The molecular weight excluding hydrogens is 326 g/mol. The predicted octanol–water partition coefficient (Wildman–Crippen LogP) is 4.59. The minimum Gasteiger partial charge on any atom is -0.497 e. The molecule has 0 saturated heterocycles. The summed E-state index contributed by atoms with van der Waals surface area (Å²) >= 11 is 0. The average molecular weight is 347 g/mol. The van der Waals surface area contributed by atoms with Crippen LogP contribution in [-0.2, 0) is 6.54 Å². The lowest BCUT2D eigenvalue weighted by molar-refractivity contribution is 0.189. The van der Waals surface area contributed by atoms with Crippen LogP contribution in [-0.4, -0.2) is 22.6 Å². The van der Waals surface area contributed by atoms with Gasteiger partial charge in [-0.2, -0.15) is 0 Å². The van der Waals surface area contributed by atoms with Gasteiger partial charge in [-0.05, 0) is 55.0 Å². The van der Waals surface area contributed by atoms with E-state index in [1.807, 2.05) is 47.4 Å². The maximum atomic E-state index is 13.0. The quantitative estimate of drug-likeness (QED) is 0.737. The molecule has 0 aliphatic carbocycles. The largest absolute Gasteiger partial charge is 0.497 e. The number of anilines is 1. The van der Waals surface area contributed by atoms with Crippen LogP contribution < -0.4 is 10.1 Å². The maximum Gasteiger partial charge on any atom is 0.322 e. The van der Waals surface area contributed by atoms with Crippen molar-refractivity contribution in [1.82, 2.24) is 9.47 Å². The van der Waals surface area contributed by atoms with Crippen molar-refractivity contribution in [2.75, 3.05) is 12.4 Å². The Morgan fingerprint density at radius 2 is 1.85 bits per heavy atom. The lowest BCUT2D eigenvalue weighted by atomic mass is 10.1. The first-order valence-corrected chi connectivity index (χ1v) is 8.64. The molecule has 0 saturated carbocycles. The van der Waals surface area contributed by atoms with E-state index in [2.05, 4.69) is 41.2 Å². The third-order valence-electron chi connectivity index (χ3n) is 4.87. The Kier molecular flexibility index (Phi) is 4.13. The van der Waals surface area contributed by atoms with Crippen molar-refractivity contribution in [2.45, 2.75) is 19.5 Å². The molecule has 1 aliphatic rings. The SMILES string of the molecule is COc1ccc(NC(=O)N2Cc3ccccc3-n3cccc3[C@@H]2C)cc1. The van der Waals surface area contributed by atoms with Crippen molar-refractivity contribution in [3.05, 3.63) is 78.1 Å². The maximum absolute atomic E-state index is 13.0. The number of amides is 2. The molecule has 4 rings (SSSR count). The Hall–Kier alpha value is -3.21. The molecule has 1 atom stereocenters. The van der Waals surface area contributed by atoms with E-state index in [-0.39, 0.29) is 12.1 Å². The number of ether oxygens (including phenoxy) is 1. The van der Waals surface area contributed by atoms with Gasteiger partial charge in [-0.3, -0.25) is 0 Å². The van der Waals surface area contributed by atoms with E-state index in [9.17, 15) is 4.79 Å². The number of nitrogens with zero attached hydrogens (tertiary/aromatic N) is 2. The van der Waals surface area contributed by atoms with Crippen molar-refractivity contribution >= 4 is 11.7 Å². The predicted molar refractivity (Wildman–Crippen MR) is 102 cm³/mol. The van der Waals surface area contributed by atoms with Crippen LogP contribution in [0.3, 0.4) is 0 Å². The summed E-state index contributed by atoms with van der Waals surface area (Å²) in [6, 6.07) is 19.5. The normalized spacial score (nSPS) is 15.6. The van der Waals surface area contributed by atoms with Gasteiger partial charge in [0.25, 0.3) is 0 Å². The molecule has 0 unspecified atom stereocenters. The Labute approximate surface area is 152 Å². The summed E-state index contributed by atoms with van der Waals surface area (Å²) in [6.45, 7) is 2.62. The average Bonchev–Trinajstić information content (AvgIpc) is 3.12. The Morgan fingerprint density at radius 3 is 2.62 bits per heavy atom. The zero-order valence-electron chi connectivity index (χ0n) is 14.8. The minimum atomic E-state index is -0.118. The summed E-state index contributed by atoms with van der Waals surface area (Å²) < 4.78 is 7.33. The second-order valence-electron chi connectivity index (χ2n) is 6.39. The molecule has 2 heterocycles. The molecule has 26 heavy (non-hydrogen) atoms. The van der Waals surface area contributed by atoms with E-state index < -0.39 is 0 Å². The number of methoxy groups -OCH3 is 1. The van der Waals surface area contributed by atoms with Crippen LogP contribution >= 0.6 is 0 Å². The van der Waals surface area contributed by atoms with Gasteiger partial charge in [0, 0.05) is 17.6 Å². The third-order valence-corrected chi connectivity index (χ3v) is 4.87. The number of benzene rings is 2. The molecule has 1 aromatic heterocycles. The third kappa shape index (κ3) is 2.81. The molecular formula is C21H21N3O2. The highest BCUT2D eigenvalue weighted by molar-refractivity contribution is 5.89. The summed E-state index contributed by atoms with van der Waals surface area (Å²) in [7, 11) is 1.62. The van der Waals surface area contributed by atoms with Crippen molar-refractivity contribution in [2.24, 2.45) is 0 Å². The molecule has 2 aromatic carbocycles. The van der Waals surface area contributed by atoms with Crippen LogP contribution in [0.25, 0.3) is 5.69 Å². The highest BCUT2D eigenvalue weighted by atomic mass is 16.5. The molecule has 0 bridgehead atoms. The molecule has 5 nitrogen and oxygen atoms in total. The van der Waals surface area contributed by atoms with Gasteiger partial charge in [0.1, 0.15) is 5.75 Å². The van der Waals surface area contributed by atoms with Gasteiger partial charge in [-0.1, -0.05) is 18.2 Å². The standard InChI is InChI=1S/C21H21N3O2/c1-15-19-8-5-13-23(19)20-7-4-3-6-16(20)14-24(15)21(25)22-17-9-11-18(26-2)12-10-17/h3-13,15H,14H2,1-2H3,(H,22,25)/t15-/m0/s1. The fraction of sp³-hybridized carbons (Fsp3) is 0.190. The van der Waals surface area contributed by atoms with Crippen molar-refractivity contribution in [3.63, 3.8) is 0 Å². The van der Waals surface area contributed by atoms with Gasteiger partial charge in [-0.25, -0.2) is 4.79 Å². The first kappa shape index (κ1) is 16.3. The smallest absolute Gasteiger partial charge is 0.322 e. The molecule has 2 amide bonds. The number of aromatic nitrogens is 1. The van der Waals surface area contributed by atoms with Crippen LogP contribution in [0.4, 0.5) is 10.5 Å². The van der Waals surface area contributed by atoms with Crippen molar-refractivity contribution in [1.29, 1.82) is 0 Å². The van der Waals surface area contributed by atoms with E-state index in [0.29, 0.717) is 6.54 Å². The van der Waals surface area contributed by atoms with E-state index in [1.165, 1.54) is 0 Å². The number of nitrogens with one attached hydrogen (secondary N) is 1. The second-order valence-corrected chi connectivity index (χ2v) is 6.39. The summed E-state index contributed by atoms with van der Waals surface area (Å²) in [6.07, 6.45) is 2.05. The summed E-state index contributed by atoms with van der Waals surface area (Å²) in [5.74, 6) is 0.762. The number of rotatable bonds is 2. The lowest BCUT2D eigenvalue weighted by Gasteiger charge is -2.27. The molecule has 3 aromatic rings. The first-order valence-electron chi connectivity index (χ1n) is 8.64. The summed E-state index contributed by atoms with van der Waals surface area (Å²) in [5, 5.41) is 3.00. The fourth-order valence-electron chi connectivity index (χ4n) is 3.43. The van der Waals surface area contributed by atoms with Gasteiger partial charge in [-0.15, -0.1) is 0 Å². The highest BCUT2D eigenvalue weighted by Crippen LogP contribution is 2.32. The molecule has 0 spiro atoms. The van der Waals surface area contributed by atoms with Crippen LogP contribution in [0.15, 0.2) is 66.9 Å². The fourth-order valence-corrected chi connectivity index (χ4v) is 3.43. The van der Waals surface area contributed by atoms with Crippen molar-refractivity contribution in [3.8, 4) is 11.4 Å². The molecule has 0 radical (unpaired) electrons. The highest BCUT2D eigenvalue weighted by Gasteiger charge is 2.28. The van der Waals surface area contributed by atoms with Gasteiger partial charge < -0.3 is 19.5 Å². The number of carbonyl (C=O) groups is 1. The molecule has 5 heteroatoms. The van der Waals surface area contributed by atoms with Gasteiger partial charge in [0.15, 0.2) is 0 Å². The number of fused-ring (bicyclic) bond motifs is 3. The molecule has 1 aliphatic heterocycles. The Morgan fingerprint density at radius 1 is 1.08 bits per heavy atom. The van der Waals surface area contributed by atoms with Crippen molar-refractivity contribution < 1.29 is 9.53 Å². The van der Waals surface area contributed by atoms with E-state index in [0.717, 1.165) is 28.4 Å². The number of hydrogen-bond acceptors (Lipinski definition) is 2. The molecule has 0 fully saturated rings. The van der Waals surface area contributed by atoms with E-state index in [1.54, 1.807) is 7.11 Å². The molecule has 1 N–H and O–H groups in total. The number of para-hydroxylation sites is 1. The van der Waals surface area contributed by atoms with E-state index >= 15 is 0 Å². The Bertz CT molecular complexity index is 930.